The second kappa shape index (κ2) is 11.6. The number of carbonyl (C=O) groups is 3. The van der Waals surface area contributed by atoms with Crippen LogP contribution < -0.4 is 16.4 Å². The van der Waals surface area contributed by atoms with Crippen LogP contribution in [0.4, 0.5) is 8.78 Å². The van der Waals surface area contributed by atoms with Crippen LogP contribution in [-0.4, -0.2) is 72.9 Å². The lowest BCUT2D eigenvalue weighted by Gasteiger charge is -2.24. The van der Waals surface area contributed by atoms with E-state index in [0.29, 0.717) is 5.57 Å². The Kier molecular flexibility index (Phi) is 9.93. The Morgan fingerprint density at radius 3 is 2.33 bits per heavy atom. The van der Waals surface area contributed by atoms with Crippen LogP contribution in [0.5, 0.6) is 0 Å². The molecule has 0 aromatic rings. The highest BCUT2D eigenvalue weighted by molar-refractivity contribution is 5.98. The van der Waals surface area contributed by atoms with E-state index in [2.05, 4.69) is 28.5 Å². The van der Waals surface area contributed by atoms with Crippen molar-refractivity contribution in [3.05, 3.63) is 37.0 Å². The van der Waals surface area contributed by atoms with Gasteiger partial charge in [-0.3, -0.25) is 14.4 Å². The van der Waals surface area contributed by atoms with E-state index in [4.69, 9.17) is 15.6 Å². The second-order valence-electron chi connectivity index (χ2n) is 6.77. The Hall–Kier alpha value is -2.47. The van der Waals surface area contributed by atoms with Crippen LogP contribution in [0.15, 0.2) is 37.0 Å². The van der Waals surface area contributed by atoms with Gasteiger partial charge in [0.25, 0.3) is 0 Å². The van der Waals surface area contributed by atoms with Crippen molar-refractivity contribution >= 4 is 17.6 Å². The number of Topliss-reactive ketones (excluding diaryl/α,β-unsaturated/α-hetero) is 1. The molecule has 1 fully saturated rings. The fraction of sp³-hybridized carbons (Fsp3) is 0.526. The summed E-state index contributed by atoms with van der Waals surface area (Å²) in [5, 5.41) is 13.5. The van der Waals surface area contributed by atoms with Crippen molar-refractivity contribution < 1.29 is 37.7 Å². The first-order valence-corrected chi connectivity index (χ1v) is 9.07. The first-order chi connectivity index (χ1) is 14.1. The molecular formula is C19H27F2N3O6. The average molecular weight is 431 g/mol. The number of epoxide rings is 1. The van der Waals surface area contributed by atoms with E-state index in [1.807, 2.05) is 0 Å². The minimum Gasteiger partial charge on any atom is -0.394 e. The van der Waals surface area contributed by atoms with Crippen LogP contribution in [0.1, 0.15) is 13.3 Å². The average Bonchev–Trinajstić information content (AvgIpc) is 3.46. The molecule has 0 aliphatic carbocycles. The fourth-order valence-corrected chi connectivity index (χ4v) is 2.42. The molecule has 0 bridgehead atoms. The Labute approximate surface area is 173 Å². The standard InChI is InChI=1S/C19H27F2N3O6/c1-4-6-11(5-2)7-13(15(26)19(3)10-30-19)23-17(28)14(9-29-18(20)21)24-16(27)12(22)8-25/h4-6,12-14,18,25H,1-2,7-10,22H2,3H3,(H,23,28)(H,24,27)/b11-6+/t12?,13?,14-,19+/m0/s1. The number of ether oxygens (including phenoxy) is 2. The largest absolute Gasteiger partial charge is 0.394 e. The van der Waals surface area contributed by atoms with Gasteiger partial charge in [0, 0.05) is 0 Å². The molecule has 11 heteroatoms. The molecule has 0 aromatic carbocycles. The molecule has 30 heavy (non-hydrogen) atoms. The molecule has 2 amide bonds. The maximum atomic E-state index is 12.8. The summed E-state index contributed by atoms with van der Waals surface area (Å²) in [6.45, 7) is 4.13. The number of nitrogens with two attached hydrogens (primary N) is 1. The Balaban J connectivity index is 3.02. The van der Waals surface area contributed by atoms with Crippen molar-refractivity contribution in [1.82, 2.24) is 10.6 Å². The molecule has 9 nitrogen and oxygen atoms in total. The quantitative estimate of drug-likeness (QED) is 0.216. The van der Waals surface area contributed by atoms with Gasteiger partial charge in [-0.1, -0.05) is 31.4 Å². The summed E-state index contributed by atoms with van der Waals surface area (Å²) < 4.78 is 34.2. The van der Waals surface area contributed by atoms with Crippen LogP contribution in [0.25, 0.3) is 0 Å². The molecule has 1 saturated heterocycles. The SMILES string of the molecule is C=C/C=C(\C=C)CC(NC(=O)[C@H](COC(F)F)NC(=O)C(N)CO)C(=O)[C@@]1(C)CO1. The lowest BCUT2D eigenvalue weighted by Crippen LogP contribution is -2.57. The van der Waals surface area contributed by atoms with Crippen molar-refractivity contribution in [3.63, 3.8) is 0 Å². The zero-order chi connectivity index (χ0) is 22.9. The molecule has 1 aliphatic rings. The molecule has 2 unspecified atom stereocenters. The third kappa shape index (κ3) is 7.75. The molecule has 4 atom stereocenters. The van der Waals surface area contributed by atoms with Crippen LogP contribution in [0.3, 0.4) is 0 Å². The molecule has 0 saturated carbocycles. The van der Waals surface area contributed by atoms with Gasteiger partial charge >= 0.3 is 6.61 Å². The van der Waals surface area contributed by atoms with Crippen molar-refractivity contribution in [3.8, 4) is 0 Å². The number of amides is 2. The summed E-state index contributed by atoms with van der Waals surface area (Å²) in [6.07, 6.45) is 4.58. The summed E-state index contributed by atoms with van der Waals surface area (Å²) >= 11 is 0. The van der Waals surface area contributed by atoms with Gasteiger partial charge in [0.1, 0.15) is 17.7 Å². The fourth-order valence-electron chi connectivity index (χ4n) is 2.42. The molecular weight excluding hydrogens is 404 g/mol. The summed E-state index contributed by atoms with van der Waals surface area (Å²) in [5.74, 6) is -2.33. The highest BCUT2D eigenvalue weighted by Gasteiger charge is 2.50. The minimum absolute atomic E-state index is 0.0333. The van der Waals surface area contributed by atoms with E-state index in [0.717, 1.165) is 0 Å². The maximum Gasteiger partial charge on any atom is 0.345 e. The number of nitrogens with one attached hydrogen (secondary N) is 2. The zero-order valence-corrected chi connectivity index (χ0v) is 16.6. The highest BCUT2D eigenvalue weighted by atomic mass is 19.3. The van der Waals surface area contributed by atoms with Crippen LogP contribution in [-0.2, 0) is 23.9 Å². The van der Waals surface area contributed by atoms with Crippen molar-refractivity contribution in [2.75, 3.05) is 19.8 Å². The predicted molar refractivity (Wildman–Crippen MR) is 103 cm³/mol. The van der Waals surface area contributed by atoms with Crippen molar-refractivity contribution in [1.29, 1.82) is 0 Å². The van der Waals surface area contributed by atoms with E-state index >= 15 is 0 Å². The summed E-state index contributed by atoms with van der Waals surface area (Å²) in [4.78, 5) is 37.3. The molecule has 0 radical (unpaired) electrons. The van der Waals surface area contributed by atoms with E-state index < -0.39 is 61.1 Å². The second-order valence-corrected chi connectivity index (χ2v) is 6.77. The molecule has 168 valence electrons. The smallest absolute Gasteiger partial charge is 0.345 e. The number of rotatable bonds is 14. The van der Waals surface area contributed by atoms with Gasteiger partial charge in [-0.15, -0.1) is 0 Å². The van der Waals surface area contributed by atoms with Gasteiger partial charge in [0.15, 0.2) is 5.78 Å². The van der Waals surface area contributed by atoms with Crippen molar-refractivity contribution in [2.45, 2.75) is 43.7 Å². The Morgan fingerprint density at radius 1 is 1.27 bits per heavy atom. The normalized spacial score (nSPS) is 21.3. The van der Waals surface area contributed by atoms with Crippen molar-refractivity contribution in [2.24, 2.45) is 5.73 Å². The molecule has 1 heterocycles. The topological polar surface area (TPSA) is 143 Å². The number of ketones is 1. The van der Waals surface area contributed by atoms with E-state index in [-0.39, 0.29) is 13.0 Å². The number of alkyl halides is 2. The first-order valence-electron chi connectivity index (χ1n) is 9.07. The lowest BCUT2D eigenvalue weighted by atomic mass is 9.94. The maximum absolute atomic E-state index is 12.8. The van der Waals surface area contributed by atoms with E-state index in [9.17, 15) is 23.2 Å². The van der Waals surface area contributed by atoms with Gasteiger partial charge in [-0.25, -0.2) is 0 Å². The summed E-state index contributed by atoms with van der Waals surface area (Å²) in [5.41, 5.74) is 4.88. The molecule has 1 rings (SSSR count). The number of aliphatic hydroxyl groups excluding tert-OH is 1. The molecule has 1 aliphatic heterocycles. The monoisotopic (exact) mass is 431 g/mol. The van der Waals surface area contributed by atoms with Gasteiger partial charge in [0.2, 0.25) is 11.8 Å². The van der Waals surface area contributed by atoms with Crippen LogP contribution >= 0.6 is 0 Å². The van der Waals surface area contributed by atoms with Gasteiger partial charge < -0.3 is 30.9 Å². The minimum atomic E-state index is -3.19. The summed E-state index contributed by atoms with van der Waals surface area (Å²) in [7, 11) is 0. The van der Waals surface area contributed by atoms with E-state index in [1.165, 1.54) is 12.2 Å². The number of aliphatic hydroxyl groups is 1. The molecule has 0 spiro atoms. The third-order valence-corrected chi connectivity index (χ3v) is 4.32. The number of hydrogen-bond donors (Lipinski definition) is 4. The number of halogens is 2. The van der Waals surface area contributed by atoms with Gasteiger partial charge in [-0.05, 0) is 18.9 Å². The third-order valence-electron chi connectivity index (χ3n) is 4.32. The Bertz CT molecular complexity index is 694. The van der Waals surface area contributed by atoms with Crippen LogP contribution in [0.2, 0.25) is 0 Å². The molecule has 0 aromatic heterocycles. The Morgan fingerprint density at radius 2 is 1.87 bits per heavy atom. The van der Waals surface area contributed by atoms with Gasteiger partial charge in [-0.2, -0.15) is 8.78 Å². The van der Waals surface area contributed by atoms with E-state index in [1.54, 1.807) is 13.0 Å². The number of allylic oxidation sites excluding steroid dienone is 3. The predicted octanol–water partition coefficient (Wildman–Crippen LogP) is -0.439. The highest BCUT2D eigenvalue weighted by Crippen LogP contribution is 2.29. The lowest BCUT2D eigenvalue weighted by molar-refractivity contribution is -0.148. The number of carbonyl (C=O) groups excluding carboxylic acids is 3. The zero-order valence-electron chi connectivity index (χ0n) is 16.6. The van der Waals surface area contributed by atoms with Gasteiger partial charge in [0.05, 0.1) is 25.9 Å². The first kappa shape index (κ1) is 25.6. The molecule has 5 N–H and O–H groups in total. The van der Waals surface area contributed by atoms with Crippen LogP contribution in [0, 0.1) is 0 Å². The number of hydrogen-bond acceptors (Lipinski definition) is 7. The summed E-state index contributed by atoms with van der Waals surface area (Å²) in [6, 6.07) is -4.04.